The molecule has 1 saturated heterocycles. The zero-order valence-electron chi connectivity index (χ0n) is 17.2. The van der Waals surface area contributed by atoms with Crippen LogP contribution in [0.4, 0.5) is 11.4 Å². The molecule has 2 aromatic carbocycles. The van der Waals surface area contributed by atoms with E-state index in [0.717, 1.165) is 11.3 Å². The predicted molar refractivity (Wildman–Crippen MR) is 112 cm³/mol. The van der Waals surface area contributed by atoms with Crippen molar-refractivity contribution in [3.8, 4) is 0 Å². The summed E-state index contributed by atoms with van der Waals surface area (Å²) in [4.78, 5) is 50.2. The van der Waals surface area contributed by atoms with Gasteiger partial charge in [-0.25, -0.2) is 0 Å². The van der Waals surface area contributed by atoms with Gasteiger partial charge in [0.2, 0.25) is 5.91 Å². The van der Waals surface area contributed by atoms with Gasteiger partial charge in [0.1, 0.15) is 0 Å². The van der Waals surface area contributed by atoms with Crippen molar-refractivity contribution >= 4 is 34.9 Å². The number of rotatable bonds is 6. The molecule has 1 heterocycles. The quantitative estimate of drug-likeness (QED) is 0.586. The summed E-state index contributed by atoms with van der Waals surface area (Å²) < 4.78 is 5.30. The van der Waals surface area contributed by atoms with Crippen LogP contribution in [0.5, 0.6) is 0 Å². The van der Waals surface area contributed by atoms with Crippen LogP contribution in [0.2, 0.25) is 0 Å². The molecule has 0 radical (unpaired) electrons. The molecule has 7 heteroatoms. The van der Waals surface area contributed by atoms with Gasteiger partial charge in [-0.15, -0.1) is 0 Å². The number of esters is 1. The summed E-state index contributed by atoms with van der Waals surface area (Å²) in [6.07, 6.45) is -0.996. The number of hydrogen-bond acceptors (Lipinski definition) is 5. The van der Waals surface area contributed by atoms with Gasteiger partial charge in [0.25, 0.3) is 5.91 Å². The van der Waals surface area contributed by atoms with Crippen LogP contribution in [0.15, 0.2) is 48.5 Å². The van der Waals surface area contributed by atoms with Crippen molar-refractivity contribution in [1.82, 2.24) is 0 Å². The van der Waals surface area contributed by atoms with Crippen molar-refractivity contribution in [2.75, 3.05) is 16.8 Å². The number of ketones is 1. The zero-order chi connectivity index (χ0) is 21.8. The molecule has 7 nitrogen and oxygen atoms in total. The second kappa shape index (κ2) is 8.90. The van der Waals surface area contributed by atoms with Crippen LogP contribution in [0.3, 0.4) is 0 Å². The van der Waals surface area contributed by atoms with Gasteiger partial charge in [0.05, 0.1) is 5.92 Å². The number of aryl methyl sites for hydroxylation is 1. The van der Waals surface area contributed by atoms with E-state index >= 15 is 0 Å². The number of benzene rings is 2. The Morgan fingerprint density at radius 1 is 1.13 bits per heavy atom. The van der Waals surface area contributed by atoms with Crippen LogP contribution in [0, 0.1) is 12.8 Å². The third kappa shape index (κ3) is 4.92. The molecule has 156 valence electrons. The Hall–Kier alpha value is -3.48. The van der Waals surface area contributed by atoms with Gasteiger partial charge in [0.15, 0.2) is 11.9 Å². The van der Waals surface area contributed by atoms with E-state index in [0.29, 0.717) is 11.3 Å². The number of nitrogens with one attached hydrogen (secondary N) is 1. The fourth-order valence-corrected chi connectivity index (χ4v) is 3.22. The topological polar surface area (TPSA) is 92.8 Å². The first kappa shape index (κ1) is 21.2. The SMILES string of the molecule is CC(=O)c1cccc(NC(=O)[C@@H](C)OC(=O)[C@H]2CC(=O)N(c3ccc(C)cc3)C2)c1. The third-order valence-electron chi connectivity index (χ3n) is 5.00. The zero-order valence-corrected chi connectivity index (χ0v) is 17.2. The van der Waals surface area contributed by atoms with Crippen molar-refractivity contribution < 1.29 is 23.9 Å². The molecule has 0 unspecified atom stereocenters. The Labute approximate surface area is 175 Å². The molecule has 1 fully saturated rings. The molecule has 0 spiro atoms. The van der Waals surface area contributed by atoms with Crippen LogP contribution in [-0.2, 0) is 19.1 Å². The highest BCUT2D eigenvalue weighted by Crippen LogP contribution is 2.26. The Bertz CT molecular complexity index is 983. The molecule has 3 rings (SSSR count). The summed E-state index contributed by atoms with van der Waals surface area (Å²) in [6, 6.07) is 14.0. The first-order chi connectivity index (χ1) is 14.2. The van der Waals surface area contributed by atoms with Crippen LogP contribution in [0.25, 0.3) is 0 Å². The summed E-state index contributed by atoms with van der Waals surface area (Å²) in [5.74, 6) is -1.99. The first-order valence-corrected chi connectivity index (χ1v) is 9.74. The molecule has 2 amide bonds. The molecule has 0 bridgehead atoms. The smallest absolute Gasteiger partial charge is 0.312 e. The molecule has 1 N–H and O–H groups in total. The molecule has 1 aliphatic rings. The molecular weight excluding hydrogens is 384 g/mol. The molecule has 0 aliphatic carbocycles. The lowest BCUT2D eigenvalue weighted by molar-refractivity contribution is -0.157. The average molecular weight is 408 g/mol. The van der Waals surface area contributed by atoms with Crippen LogP contribution in [-0.4, -0.2) is 36.2 Å². The van der Waals surface area contributed by atoms with Crippen molar-refractivity contribution in [3.63, 3.8) is 0 Å². The van der Waals surface area contributed by atoms with Gasteiger partial charge in [-0.3, -0.25) is 19.2 Å². The van der Waals surface area contributed by atoms with E-state index in [4.69, 9.17) is 4.74 Å². The predicted octanol–water partition coefficient (Wildman–Crippen LogP) is 3.12. The van der Waals surface area contributed by atoms with Crippen molar-refractivity contribution in [2.45, 2.75) is 33.3 Å². The van der Waals surface area contributed by atoms with Crippen LogP contribution < -0.4 is 10.2 Å². The van der Waals surface area contributed by atoms with E-state index in [2.05, 4.69) is 5.32 Å². The fourth-order valence-electron chi connectivity index (χ4n) is 3.22. The summed E-state index contributed by atoms with van der Waals surface area (Å²) in [5, 5.41) is 2.64. The molecule has 0 saturated carbocycles. The summed E-state index contributed by atoms with van der Waals surface area (Å²) >= 11 is 0. The normalized spacial score (nSPS) is 16.8. The van der Waals surface area contributed by atoms with E-state index in [1.165, 1.54) is 13.8 Å². The highest BCUT2D eigenvalue weighted by Gasteiger charge is 2.37. The first-order valence-electron chi connectivity index (χ1n) is 9.74. The number of amides is 2. The molecular formula is C23H24N2O5. The van der Waals surface area contributed by atoms with E-state index in [-0.39, 0.29) is 24.7 Å². The number of nitrogens with zero attached hydrogens (tertiary/aromatic N) is 1. The van der Waals surface area contributed by atoms with Gasteiger partial charge < -0.3 is 15.0 Å². The maximum Gasteiger partial charge on any atom is 0.312 e. The van der Waals surface area contributed by atoms with E-state index in [1.807, 2.05) is 31.2 Å². The summed E-state index contributed by atoms with van der Waals surface area (Å²) in [6.45, 7) is 5.08. The Morgan fingerprint density at radius 3 is 2.50 bits per heavy atom. The van der Waals surface area contributed by atoms with Crippen molar-refractivity contribution in [1.29, 1.82) is 0 Å². The summed E-state index contributed by atoms with van der Waals surface area (Å²) in [7, 11) is 0. The molecule has 1 aliphatic heterocycles. The van der Waals surface area contributed by atoms with Crippen LogP contribution >= 0.6 is 0 Å². The number of anilines is 2. The lowest BCUT2D eigenvalue weighted by Gasteiger charge is -2.18. The van der Waals surface area contributed by atoms with Gasteiger partial charge in [-0.1, -0.05) is 29.8 Å². The van der Waals surface area contributed by atoms with Crippen molar-refractivity contribution in [2.24, 2.45) is 5.92 Å². The Kier molecular flexibility index (Phi) is 6.30. The highest BCUT2D eigenvalue weighted by atomic mass is 16.5. The maximum absolute atomic E-state index is 12.5. The lowest BCUT2D eigenvalue weighted by Crippen LogP contribution is -2.33. The van der Waals surface area contributed by atoms with Gasteiger partial charge >= 0.3 is 5.97 Å². The maximum atomic E-state index is 12.5. The summed E-state index contributed by atoms with van der Waals surface area (Å²) in [5.41, 5.74) is 2.72. The third-order valence-corrected chi connectivity index (χ3v) is 5.00. The number of carbonyl (C=O) groups is 4. The standard InChI is InChI=1S/C23H24N2O5/c1-14-7-9-20(10-8-14)25-13-18(12-21(25)27)23(29)30-16(3)22(28)24-19-6-4-5-17(11-19)15(2)26/h4-11,16,18H,12-13H2,1-3H3,(H,24,28)/t16-,18+/m1/s1. The largest absolute Gasteiger partial charge is 0.452 e. The number of ether oxygens (including phenoxy) is 1. The second-order valence-electron chi connectivity index (χ2n) is 7.45. The monoisotopic (exact) mass is 408 g/mol. The van der Waals surface area contributed by atoms with Gasteiger partial charge in [-0.05, 0) is 45.0 Å². The minimum absolute atomic E-state index is 0.0434. The average Bonchev–Trinajstić information content (AvgIpc) is 3.10. The minimum atomic E-state index is -1.04. The van der Waals surface area contributed by atoms with Gasteiger partial charge in [-0.2, -0.15) is 0 Å². The Morgan fingerprint density at radius 2 is 1.83 bits per heavy atom. The van der Waals surface area contributed by atoms with E-state index < -0.39 is 23.9 Å². The second-order valence-corrected chi connectivity index (χ2v) is 7.45. The van der Waals surface area contributed by atoms with Crippen LogP contribution in [0.1, 0.15) is 36.2 Å². The number of Topliss-reactive ketones (excluding diaryl/α,β-unsaturated/α-hetero) is 1. The number of hydrogen-bond donors (Lipinski definition) is 1. The molecule has 2 aromatic rings. The molecule has 30 heavy (non-hydrogen) atoms. The lowest BCUT2D eigenvalue weighted by atomic mass is 10.1. The van der Waals surface area contributed by atoms with E-state index in [9.17, 15) is 19.2 Å². The van der Waals surface area contributed by atoms with Gasteiger partial charge in [0, 0.05) is 29.9 Å². The Balaban J connectivity index is 1.58. The molecule has 2 atom stereocenters. The minimum Gasteiger partial charge on any atom is -0.452 e. The van der Waals surface area contributed by atoms with Crippen molar-refractivity contribution in [3.05, 3.63) is 59.7 Å². The molecule has 0 aromatic heterocycles. The number of carbonyl (C=O) groups excluding carboxylic acids is 4. The fraction of sp³-hybridized carbons (Fsp3) is 0.304. The highest BCUT2D eigenvalue weighted by molar-refractivity contribution is 6.01. The van der Waals surface area contributed by atoms with E-state index in [1.54, 1.807) is 29.2 Å².